The third kappa shape index (κ3) is 2.91. The van der Waals surface area contributed by atoms with E-state index in [1.54, 1.807) is 12.3 Å². The number of aromatic nitrogens is 1. The van der Waals surface area contributed by atoms with Gasteiger partial charge in [0.05, 0.1) is 5.56 Å². The second-order valence-electron chi connectivity index (χ2n) is 5.32. The number of hydrogen-bond acceptors (Lipinski definition) is 3. The summed E-state index contributed by atoms with van der Waals surface area (Å²) in [4.78, 5) is 18.4. The lowest BCUT2D eigenvalue weighted by molar-refractivity contribution is 0.102. The van der Waals surface area contributed by atoms with Gasteiger partial charge in [0.25, 0.3) is 5.91 Å². The Labute approximate surface area is 129 Å². The molecule has 3 aromatic rings. The number of benzene rings is 2. The summed E-state index contributed by atoms with van der Waals surface area (Å²) in [6, 6.07) is 17.5. The molecular weight excluding hydrogens is 274 g/mol. The molecule has 2 aromatic carbocycles. The van der Waals surface area contributed by atoms with E-state index in [9.17, 15) is 4.79 Å². The minimum atomic E-state index is -0.159. The van der Waals surface area contributed by atoms with E-state index in [-0.39, 0.29) is 5.91 Å². The molecule has 0 unspecified atom stereocenters. The van der Waals surface area contributed by atoms with Gasteiger partial charge in [-0.15, -0.1) is 0 Å². The summed E-state index contributed by atoms with van der Waals surface area (Å²) >= 11 is 0. The Balaban J connectivity index is 1.80. The molecule has 1 N–H and O–H groups in total. The Bertz CT molecular complexity index is 810. The Morgan fingerprint density at radius 2 is 1.77 bits per heavy atom. The number of pyridine rings is 1. The standard InChI is InChI=1S/C18H17N3O/c1-21(2)17-10-8-15(12-19-17)18(22)20-16-9-7-13-5-3-4-6-14(13)11-16/h3-12H,1-2H3,(H,20,22). The van der Waals surface area contributed by atoms with Crippen LogP contribution in [0.1, 0.15) is 10.4 Å². The molecule has 0 radical (unpaired) electrons. The van der Waals surface area contributed by atoms with E-state index in [0.717, 1.165) is 22.3 Å². The maximum absolute atomic E-state index is 12.3. The Morgan fingerprint density at radius 3 is 2.45 bits per heavy atom. The fourth-order valence-corrected chi connectivity index (χ4v) is 2.26. The molecule has 0 atom stereocenters. The highest BCUT2D eigenvalue weighted by molar-refractivity contribution is 6.05. The van der Waals surface area contributed by atoms with Crippen LogP contribution in [-0.4, -0.2) is 25.0 Å². The molecule has 3 rings (SSSR count). The van der Waals surface area contributed by atoms with Crippen LogP contribution in [0.5, 0.6) is 0 Å². The van der Waals surface area contributed by atoms with Gasteiger partial charge in [0.1, 0.15) is 5.82 Å². The molecule has 4 nitrogen and oxygen atoms in total. The maximum atomic E-state index is 12.3. The van der Waals surface area contributed by atoms with Crippen LogP contribution < -0.4 is 10.2 Å². The van der Waals surface area contributed by atoms with Crippen LogP contribution >= 0.6 is 0 Å². The van der Waals surface area contributed by atoms with Crippen molar-refractivity contribution >= 4 is 28.2 Å². The van der Waals surface area contributed by atoms with Crippen molar-refractivity contribution in [2.24, 2.45) is 0 Å². The third-order valence-corrected chi connectivity index (χ3v) is 3.48. The van der Waals surface area contributed by atoms with Gasteiger partial charge in [0, 0.05) is 26.0 Å². The smallest absolute Gasteiger partial charge is 0.257 e. The predicted octanol–water partition coefficient (Wildman–Crippen LogP) is 3.55. The van der Waals surface area contributed by atoms with E-state index in [1.165, 1.54) is 0 Å². The quantitative estimate of drug-likeness (QED) is 0.802. The fourth-order valence-electron chi connectivity index (χ4n) is 2.26. The molecule has 1 aromatic heterocycles. The van der Waals surface area contributed by atoms with Crippen LogP contribution in [0.25, 0.3) is 10.8 Å². The van der Waals surface area contributed by atoms with E-state index in [0.29, 0.717) is 5.56 Å². The largest absolute Gasteiger partial charge is 0.363 e. The van der Waals surface area contributed by atoms with Crippen molar-refractivity contribution in [3.8, 4) is 0 Å². The molecule has 110 valence electrons. The van der Waals surface area contributed by atoms with Crippen molar-refractivity contribution in [3.05, 3.63) is 66.4 Å². The molecule has 0 bridgehead atoms. The van der Waals surface area contributed by atoms with Crippen LogP contribution in [0.2, 0.25) is 0 Å². The zero-order valence-corrected chi connectivity index (χ0v) is 12.6. The van der Waals surface area contributed by atoms with Gasteiger partial charge < -0.3 is 10.2 Å². The first-order valence-electron chi connectivity index (χ1n) is 7.07. The number of carbonyl (C=O) groups is 1. The fraction of sp³-hybridized carbons (Fsp3) is 0.111. The Hall–Kier alpha value is -2.88. The van der Waals surface area contributed by atoms with Gasteiger partial charge >= 0.3 is 0 Å². The first-order chi connectivity index (χ1) is 10.6. The van der Waals surface area contributed by atoms with E-state index >= 15 is 0 Å². The van der Waals surface area contributed by atoms with E-state index in [2.05, 4.69) is 10.3 Å². The summed E-state index contributed by atoms with van der Waals surface area (Å²) in [5, 5.41) is 5.16. The third-order valence-electron chi connectivity index (χ3n) is 3.48. The molecule has 0 aliphatic heterocycles. The summed E-state index contributed by atoms with van der Waals surface area (Å²) in [5.74, 6) is 0.662. The van der Waals surface area contributed by atoms with Crippen LogP contribution in [0.3, 0.4) is 0 Å². The lowest BCUT2D eigenvalue weighted by Gasteiger charge is -2.11. The summed E-state index contributed by atoms with van der Waals surface area (Å²) in [6.45, 7) is 0. The molecule has 1 heterocycles. The zero-order valence-electron chi connectivity index (χ0n) is 12.6. The van der Waals surface area contributed by atoms with Crippen molar-refractivity contribution in [2.75, 3.05) is 24.3 Å². The van der Waals surface area contributed by atoms with Crippen LogP contribution in [0.15, 0.2) is 60.8 Å². The van der Waals surface area contributed by atoms with Crippen LogP contribution in [0.4, 0.5) is 11.5 Å². The average Bonchev–Trinajstić information content (AvgIpc) is 2.55. The molecule has 0 saturated carbocycles. The monoisotopic (exact) mass is 291 g/mol. The second kappa shape index (κ2) is 5.85. The maximum Gasteiger partial charge on any atom is 0.257 e. The highest BCUT2D eigenvalue weighted by Crippen LogP contribution is 2.19. The molecule has 0 aliphatic rings. The van der Waals surface area contributed by atoms with Crippen molar-refractivity contribution in [3.63, 3.8) is 0 Å². The number of nitrogens with zero attached hydrogens (tertiary/aromatic N) is 2. The van der Waals surface area contributed by atoms with Gasteiger partial charge in [-0.05, 0) is 35.0 Å². The average molecular weight is 291 g/mol. The lowest BCUT2D eigenvalue weighted by atomic mass is 10.1. The predicted molar refractivity (Wildman–Crippen MR) is 90.5 cm³/mol. The van der Waals surface area contributed by atoms with Gasteiger partial charge in [-0.3, -0.25) is 4.79 Å². The highest BCUT2D eigenvalue weighted by Gasteiger charge is 2.07. The number of amides is 1. The zero-order chi connectivity index (χ0) is 15.5. The summed E-state index contributed by atoms with van der Waals surface area (Å²) in [5.41, 5.74) is 1.32. The number of nitrogens with one attached hydrogen (secondary N) is 1. The van der Waals surface area contributed by atoms with Gasteiger partial charge in [-0.25, -0.2) is 4.98 Å². The van der Waals surface area contributed by atoms with E-state index in [1.807, 2.05) is 67.5 Å². The normalized spacial score (nSPS) is 10.5. The Kier molecular flexibility index (Phi) is 3.74. The number of carbonyl (C=O) groups excluding carboxylic acids is 1. The molecule has 1 amide bonds. The number of hydrogen-bond donors (Lipinski definition) is 1. The summed E-state index contributed by atoms with van der Waals surface area (Å²) in [6.07, 6.45) is 1.59. The molecule has 0 saturated heterocycles. The minimum absolute atomic E-state index is 0.159. The number of anilines is 2. The van der Waals surface area contributed by atoms with Crippen molar-refractivity contribution < 1.29 is 4.79 Å². The molecule has 0 spiro atoms. The number of fused-ring (bicyclic) bond motifs is 1. The minimum Gasteiger partial charge on any atom is -0.363 e. The number of rotatable bonds is 3. The van der Waals surface area contributed by atoms with Gasteiger partial charge in [-0.1, -0.05) is 30.3 Å². The van der Waals surface area contributed by atoms with Gasteiger partial charge in [0.15, 0.2) is 0 Å². The van der Waals surface area contributed by atoms with Crippen molar-refractivity contribution in [2.45, 2.75) is 0 Å². The van der Waals surface area contributed by atoms with Crippen molar-refractivity contribution in [1.29, 1.82) is 0 Å². The molecule has 0 aliphatic carbocycles. The van der Waals surface area contributed by atoms with Crippen LogP contribution in [-0.2, 0) is 0 Å². The summed E-state index contributed by atoms with van der Waals surface area (Å²) in [7, 11) is 3.83. The van der Waals surface area contributed by atoms with Crippen LogP contribution in [0, 0.1) is 0 Å². The highest BCUT2D eigenvalue weighted by atomic mass is 16.1. The first-order valence-corrected chi connectivity index (χ1v) is 7.07. The second-order valence-corrected chi connectivity index (χ2v) is 5.32. The molecular formula is C18H17N3O. The molecule has 0 fully saturated rings. The van der Waals surface area contributed by atoms with Crippen molar-refractivity contribution in [1.82, 2.24) is 4.98 Å². The lowest BCUT2D eigenvalue weighted by Crippen LogP contribution is -2.14. The van der Waals surface area contributed by atoms with Gasteiger partial charge in [0.2, 0.25) is 0 Å². The molecule has 4 heteroatoms. The topological polar surface area (TPSA) is 45.2 Å². The summed E-state index contributed by atoms with van der Waals surface area (Å²) < 4.78 is 0. The SMILES string of the molecule is CN(C)c1ccc(C(=O)Nc2ccc3ccccc3c2)cn1. The van der Waals surface area contributed by atoms with Gasteiger partial charge in [-0.2, -0.15) is 0 Å². The van der Waals surface area contributed by atoms with E-state index in [4.69, 9.17) is 0 Å². The first kappa shape index (κ1) is 14.1. The molecule has 22 heavy (non-hydrogen) atoms. The van der Waals surface area contributed by atoms with E-state index < -0.39 is 0 Å². The Morgan fingerprint density at radius 1 is 1.00 bits per heavy atom.